The monoisotopic (exact) mass is 395 g/mol. The maximum absolute atomic E-state index is 13.5. The number of benzene rings is 2. The fourth-order valence-electron chi connectivity index (χ4n) is 3.94. The quantitative estimate of drug-likeness (QED) is 0.865. The summed E-state index contributed by atoms with van der Waals surface area (Å²) in [6.45, 7) is 1.35. The zero-order chi connectivity index (χ0) is 20.0. The highest BCUT2D eigenvalue weighted by Crippen LogP contribution is 2.35. The van der Waals surface area contributed by atoms with Gasteiger partial charge in [-0.2, -0.15) is 0 Å². The molecule has 3 heterocycles. The first-order valence-electron chi connectivity index (χ1n) is 9.40. The van der Waals surface area contributed by atoms with Crippen LogP contribution < -0.4 is 14.8 Å². The Kier molecular flexibility index (Phi) is 4.28. The molecule has 148 valence electrons. The molecule has 1 N–H and O–H groups in total. The summed E-state index contributed by atoms with van der Waals surface area (Å²) in [4.78, 5) is 31.8. The van der Waals surface area contributed by atoms with E-state index in [0.717, 1.165) is 5.71 Å². The number of piperidine rings is 1. The van der Waals surface area contributed by atoms with Crippen LogP contribution in [0.3, 0.4) is 0 Å². The Morgan fingerprint density at radius 3 is 2.97 bits per heavy atom. The minimum atomic E-state index is -0.452. The van der Waals surface area contributed by atoms with Gasteiger partial charge in [0, 0.05) is 36.1 Å². The molecule has 0 aromatic heterocycles. The molecular formula is C21H18FN3O4. The van der Waals surface area contributed by atoms with Gasteiger partial charge in [-0.1, -0.05) is 0 Å². The van der Waals surface area contributed by atoms with Crippen molar-refractivity contribution in [2.45, 2.75) is 6.42 Å². The van der Waals surface area contributed by atoms with Gasteiger partial charge in [-0.15, -0.1) is 0 Å². The van der Waals surface area contributed by atoms with Crippen molar-refractivity contribution < 1.29 is 23.5 Å². The third-order valence-electron chi connectivity index (χ3n) is 5.36. The maximum atomic E-state index is 13.5. The van der Waals surface area contributed by atoms with Gasteiger partial charge in [0.05, 0.1) is 18.2 Å². The second-order valence-electron chi connectivity index (χ2n) is 7.28. The first-order valence-corrected chi connectivity index (χ1v) is 9.40. The van der Waals surface area contributed by atoms with Gasteiger partial charge in [0.2, 0.25) is 12.7 Å². The lowest BCUT2D eigenvalue weighted by Crippen LogP contribution is -2.47. The molecule has 0 spiro atoms. The van der Waals surface area contributed by atoms with Gasteiger partial charge < -0.3 is 14.8 Å². The number of carbonyl (C=O) groups is 2. The van der Waals surface area contributed by atoms with Gasteiger partial charge in [-0.25, -0.2) is 4.39 Å². The molecule has 3 aliphatic heterocycles. The normalized spacial score (nSPS) is 20.0. The van der Waals surface area contributed by atoms with E-state index in [-0.39, 0.29) is 25.0 Å². The van der Waals surface area contributed by atoms with Crippen molar-refractivity contribution in [1.29, 1.82) is 0 Å². The van der Waals surface area contributed by atoms with Crippen LogP contribution in [0.1, 0.15) is 16.8 Å². The Bertz CT molecular complexity index is 1050. The highest BCUT2D eigenvalue weighted by atomic mass is 19.1. The molecule has 1 unspecified atom stereocenters. The van der Waals surface area contributed by atoms with E-state index < -0.39 is 11.7 Å². The van der Waals surface area contributed by atoms with E-state index in [1.165, 1.54) is 18.2 Å². The number of fused-ring (bicyclic) bond motifs is 3. The summed E-state index contributed by atoms with van der Waals surface area (Å²) in [7, 11) is 0. The number of ketones is 1. The predicted molar refractivity (Wildman–Crippen MR) is 104 cm³/mol. The van der Waals surface area contributed by atoms with Crippen LogP contribution in [-0.4, -0.2) is 48.7 Å². The van der Waals surface area contributed by atoms with E-state index in [1.54, 1.807) is 18.2 Å². The summed E-state index contributed by atoms with van der Waals surface area (Å²) >= 11 is 0. The predicted octanol–water partition coefficient (Wildman–Crippen LogP) is 2.78. The topological polar surface area (TPSA) is 80.2 Å². The standard InChI is InChI=1S/C21H18FN3O4/c22-12-1-3-16-14(7-12)21(27)15-9-25(6-5-17(15)24-16)10-20(26)23-13-2-4-18-19(8-13)29-11-28-18/h1-4,7-8,15H,5-6,9-11H2,(H,23,26). The summed E-state index contributed by atoms with van der Waals surface area (Å²) in [5.41, 5.74) is 2.26. The Morgan fingerprint density at radius 2 is 2.07 bits per heavy atom. The average molecular weight is 395 g/mol. The number of hydrogen-bond acceptors (Lipinski definition) is 6. The zero-order valence-corrected chi connectivity index (χ0v) is 15.5. The molecule has 2 aromatic carbocycles. The van der Waals surface area contributed by atoms with Crippen molar-refractivity contribution in [2.24, 2.45) is 10.9 Å². The minimum absolute atomic E-state index is 0.134. The number of aliphatic imine (C=N–C) groups is 1. The van der Waals surface area contributed by atoms with Gasteiger partial charge in [-0.3, -0.25) is 19.5 Å². The first-order chi connectivity index (χ1) is 14.1. The van der Waals surface area contributed by atoms with Crippen molar-refractivity contribution in [3.63, 3.8) is 0 Å². The minimum Gasteiger partial charge on any atom is -0.454 e. The lowest BCUT2D eigenvalue weighted by molar-refractivity contribution is -0.117. The number of anilines is 1. The van der Waals surface area contributed by atoms with Crippen molar-refractivity contribution >= 4 is 28.8 Å². The van der Waals surface area contributed by atoms with Crippen molar-refractivity contribution in [2.75, 3.05) is 31.7 Å². The van der Waals surface area contributed by atoms with E-state index in [0.29, 0.717) is 47.9 Å². The Balaban J connectivity index is 1.25. The van der Waals surface area contributed by atoms with E-state index in [1.807, 2.05) is 4.90 Å². The summed E-state index contributed by atoms with van der Waals surface area (Å²) in [5.74, 6) is 0.0472. The number of likely N-dealkylation sites (tertiary alicyclic amines) is 1. The smallest absolute Gasteiger partial charge is 0.238 e. The van der Waals surface area contributed by atoms with Crippen LogP contribution in [0, 0.1) is 11.7 Å². The molecule has 0 saturated carbocycles. The highest BCUT2D eigenvalue weighted by molar-refractivity contribution is 6.18. The molecule has 0 bridgehead atoms. The van der Waals surface area contributed by atoms with Gasteiger partial charge in [0.25, 0.3) is 0 Å². The van der Waals surface area contributed by atoms with Crippen LogP contribution >= 0.6 is 0 Å². The fraction of sp³-hybridized carbons (Fsp3) is 0.286. The third kappa shape index (κ3) is 3.36. The van der Waals surface area contributed by atoms with Crippen LogP contribution in [0.15, 0.2) is 41.4 Å². The van der Waals surface area contributed by atoms with Crippen LogP contribution in [0.2, 0.25) is 0 Å². The second kappa shape index (κ2) is 6.97. The molecule has 3 aliphatic rings. The third-order valence-corrected chi connectivity index (χ3v) is 5.36. The van der Waals surface area contributed by atoms with Crippen LogP contribution in [0.25, 0.3) is 0 Å². The number of hydrogen-bond donors (Lipinski definition) is 1. The molecule has 5 rings (SSSR count). The lowest BCUT2D eigenvalue weighted by Gasteiger charge is -2.34. The Hall–Kier alpha value is -3.26. The molecule has 1 amide bonds. The zero-order valence-electron chi connectivity index (χ0n) is 15.5. The molecule has 1 fully saturated rings. The molecule has 29 heavy (non-hydrogen) atoms. The second-order valence-corrected chi connectivity index (χ2v) is 7.28. The van der Waals surface area contributed by atoms with Gasteiger partial charge in [0.15, 0.2) is 17.3 Å². The van der Waals surface area contributed by atoms with E-state index >= 15 is 0 Å². The molecule has 7 nitrogen and oxygen atoms in total. The number of ether oxygens (including phenoxy) is 2. The largest absolute Gasteiger partial charge is 0.454 e. The number of nitrogens with one attached hydrogen (secondary N) is 1. The van der Waals surface area contributed by atoms with E-state index in [2.05, 4.69) is 10.3 Å². The number of carbonyl (C=O) groups excluding carboxylic acids is 2. The van der Waals surface area contributed by atoms with Crippen molar-refractivity contribution in [3.8, 4) is 11.5 Å². The number of rotatable bonds is 3. The Labute approximate surface area is 166 Å². The summed E-state index contributed by atoms with van der Waals surface area (Å²) in [6.07, 6.45) is 0.602. The number of nitrogens with zero attached hydrogens (tertiary/aromatic N) is 2. The number of Topliss-reactive ketones (excluding diaryl/α,β-unsaturated/α-hetero) is 1. The van der Waals surface area contributed by atoms with E-state index in [9.17, 15) is 14.0 Å². The summed E-state index contributed by atoms with van der Waals surface area (Å²) in [6, 6.07) is 9.31. The van der Waals surface area contributed by atoms with Crippen LogP contribution in [0.5, 0.6) is 11.5 Å². The van der Waals surface area contributed by atoms with Crippen molar-refractivity contribution in [3.05, 3.63) is 47.8 Å². The highest BCUT2D eigenvalue weighted by Gasteiger charge is 2.36. The summed E-state index contributed by atoms with van der Waals surface area (Å²) in [5, 5.41) is 2.84. The van der Waals surface area contributed by atoms with Crippen molar-refractivity contribution in [1.82, 2.24) is 4.90 Å². The first kappa shape index (κ1) is 17.8. The SMILES string of the molecule is O=C(CN1CCC2=Nc3ccc(F)cc3C(=O)C2C1)Nc1ccc2c(c1)OCO2. The average Bonchev–Trinajstić information content (AvgIpc) is 3.17. The molecule has 2 aromatic rings. The van der Waals surface area contributed by atoms with E-state index in [4.69, 9.17) is 9.47 Å². The molecular weight excluding hydrogens is 377 g/mol. The van der Waals surface area contributed by atoms with Gasteiger partial charge in [0.1, 0.15) is 5.82 Å². The summed E-state index contributed by atoms with van der Waals surface area (Å²) < 4.78 is 24.1. The Morgan fingerprint density at radius 1 is 1.21 bits per heavy atom. The lowest BCUT2D eigenvalue weighted by atomic mass is 9.85. The van der Waals surface area contributed by atoms with Crippen LogP contribution in [0.4, 0.5) is 15.8 Å². The van der Waals surface area contributed by atoms with Gasteiger partial charge in [-0.05, 0) is 36.8 Å². The molecule has 0 aliphatic carbocycles. The maximum Gasteiger partial charge on any atom is 0.238 e. The van der Waals surface area contributed by atoms with Gasteiger partial charge >= 0.3 is 0 Å². The molecule has 1 atom stereocenters. The fourth-order valence-corrected chi connectivity index (χ4v) is 3.94. The van der Waals surface area contributed by atoms with Crippen LogP contribution in [-0.2, 0) is 4.79 Å². The number of halogens is 1. The molecule has 0 radical (unpaired) electrons. The number of amides is 1. The molecule has 1 saturated heterocycles. The molecule has 8 heteroatoms.